The van der Waals surface area contributed by atoms with Crippen molar-refractivity contribution in [1.29, 1.82) is 0 Å². The van der Waals surface area contributed by atoms with E-state index in [9.17, 15) is 18.8 Å². The fourth-order valence-electron chi connectivity index (χ4n) is 3.86. The van der Waals surface area contributed by atoms with E-state index in [1.165, 1.54) is 19.2 Å². The summed E-state index contributed by atoms with van der Waals surface area (Å²) in [5.74, 6) is -0.617. The summed E-state index contributed by atoms with van der Waals surface area (Å²) in [5.41, 5.74) is 1.41. The molecular weight excluding hydrogens is 415 g/mol. The van der Waals surface area contributed by atoms with E-state index in [4.69, 9.17) is 4.74 Å². The van der Waals surface area contributed by atoms with Crippen LogP contribution in [0.2, 0.25) is 0 Å². The molecule has 0 heterocycles. The van der Waals surface area contributed by atoms with Crippen LogP contribution in [-0.4, -0.2) is 49.1 Å². The first-order valence-corrected chi connectivity index (χ1v) is 10.5. The number of methoxy groups -OCH3 is 1. The molecule has 0 aromatic heterocycles. The van der Waals surface area contributed by atoms with Gasteiger partial charge in [0.1, 0.15) is 11.6 Å². The molecule has 1 aliphatic rings. The smallest absolute Gasteiger partial charge is 0.437 e. The van der Waals surface area contributed by atoms with Crippen molar-refractivity contribution in [1.82, 2.24) is 10.2 Å². The van der Waals surface area contributed by atoms with E-state index < -0.39 is 12.0 Å². The van der Waals surface area contributed by atoms with Gasteiger partial charge in [0.15, 0.2) is 0 Å². The van der Waals surface area contributed by atoms with Gasteiger partial charge < -0.3 is 19.7 Å². The van der Waals surface area contributed by atoms with Crippen LogP contribution in [0, 0.1) is 5.82 Å². The molecule has 1 saturated carbocycles. The van der Waals surface area contributed by atoms with Crippen LogP contribution in [0.4, 0.5) is 9.18 Å². The first kappa shape index (κ1) is 23.2. The molecule has 1 N–H and O–H groups in total. The number of hydrogen-bond acceptors (Lipinski definition) is 5. The number of ether oxygens (including phenoxy) is 2. The lowest BCUT2D eigenvalue weighted by atomic mass is 10.0. The number of amides is 2. The van der Waals surface area contributed by atoms with E-state index in [0.29, 0.717) is 23.1 Å². The molecule has 170 valence electrons. The number of hydrogen-bond donors (Lipinski definition) is 1. The highest BCUT2D eigenvalue weighted by molar-refractivity contribution is 5.94. The lowest BCUT2D eigenvalue weighted by Crippen LogP contribution is -2.38. The molecule has 7 nitrogen and oxygen atoms in total. The topological polar surface area (TPSA) is 84.9 Å². The van der Waals surface area contributed by atoms with Crippen LogP contribution in [0.5, 0.6) is 5.75 Å². The Labute approximate surface area is 186 Å². The van der Waals surface area contributed by atoms with E-state index in [0.717, 1.165) is 25.3 Å². The Morgan fingerprint density at radius 1 is 1.12 bits per heavy atom. The van der Waals surface area contributed by atoms with Gasteiger partial charge in [0, 0.05) is 42.7 Å². The molecule has 0 unspecified atom stereocenters. The van der Waals surface area contributed by atoms with E-state index in [2.05, 4.69) is 10.1 Å². The van der Waals surface area contributed by atoms with Gasteiger partial charge in [-0.2, -0.15) is 0 Å². The largest absolute Gasteiger partial charge is 0.513 e. The third kappa shape index (κ3) is 5.43. The highest BCUT2D eigenvalue weighted by atomic mass is 19.1. The molecule has 1 aliphatic carbocycles. The monoisotopic (exact) mass is 442 g/mol. The minimum absolute atomic E-state index is 0.0253. The van der Waals surface area contributed by atoms with Crippen LogP contribution >= 0.6 is 0 Å². The van der Waals surface area contributed by atoms with E-state index >= 15 is 0 Å². The molecule has 32 heavy (non-hydrogen) atoms. The summed E-state index contributed by atoms with van der Waals surface area (Å²) in [6.45, 7) is 1.82. The van der Waals surface area contributed by atoms with Crippen LogP contribution in [0.3, 0.4) is 0 Å². The van der Waals surface area contributed by atoms with Crippen molar-refractivity contribution in [3.8, 4) is 16.9 Å². The van der Waals surface area contributed by atoms with Gasteiger partial charge >= 0.3 is 6.16 Å². The predicted octanol–water partition coefficient (Wildman–Crippen LogP) is 4.16. The Bertz CT molecular complexity index is 992. The summed E-state index contributed by atoms with van der Waals surface area (Å²) in [4.78, 5) is 37.4. The average Bonchev–Trinajstić information content (AvgIpc) is 3.26. The quantitative estimate of drug-likeness (QED) is 0.537. The highest BCUT2D eigenvalue weighted by Crippen LogP contribution is 2.28. The van der Waals surface area contributed by atoms with Crippen molar-refractivity contribution in [2.24, 2.45) is 0 Å². The summed E-state index contributed by atoms with van der Waals surface area (Å²) in [7, 11) is 2.94. The van der Waals surface area contributed by atoms with Crippen molar-refractivity contribution in [3.05, 3.63) is 53.8 Å². The third-order valence-electron chi connectivity index (χ3n) is 5.71. The van der Waals surface area contributed by atoms with E-state index in [1.54, 1.807) is 36.2 Å². The maximum Gasteiger partial charge on any atom is 0.513 e. The first-order valence-electron chi connectivity index (χ1n) is 10.5. The van der Waals surface area contributed by atoms with Gasteiger partial charge in [-0.15, -0.1) is 0 Å². The molecule has 0 spiro atoms. The number of nitrogens with zero attached hydrogens (tertiary/aromatic N) is 1. The van der Waals surface area contributed by atoms with Crippen molar-refractivity contribution in [2.45, 2.75) is 44.7 Å². The lowest BCUT2D eigenvalue weighted by molar-refractivity contribution is -0.121. The molecule has 2 atom stereocenters. The third-order valence-corrected chi connectivity index (χ3v) is 5.71. The molecule has 2 aromatic carbocycles. The van der Waals surface area contributed by atoms with Crippen LogP contribution in [0.15, 0.2) is 42.5 Å². The maximum atomic E-state index is 14.5. The molecule has 1 fully saturated rings. The Kier molecular flexibility index (Phi) is 7.45. The minimum atomic E-state index is -0.925. The van der Waals surface area contributed by atoms with Gasteiger partial charge in [-0.1, -0.05) is 19.1 Å². The van der Waals surface area contributed by atoms with Crippen LogP contribution in [0.1, 0.15) is 43.0 Å². The van der Waals surface area contributed by atoms with Crippen molar-refractivity contribution in [2.75, 3.05) is 14.2 Å². The molecule has 0 bridgehead atoms. The molecule has 8 heteroatoms. The maximum absolute atomic E-state index is 14.5. The SMILES string of the molecule is CCC(=O)N[C@H]1CC[C@@H](N(C)C(=O)c2ccc(-c3ccc(OC(=O)OC)cc3F)cc2)C1. The number of nitrogens with one attached hydrogen (secondary N) is 1. The summed E-state index contributed by atoms with van der Waals surface area (Å²) >= 11 is 0. The number of carbonyl (C=O) groups excluding carboxylic acids is 3. The molecule has 3 rings (SSSR count). The van der Waals surface area contributed by atoms with Crippen LogP contribution in [0.25, 0.3) is 11.1 Å². The second-order valence-corrected chi connectivity index (χ2v) is 7.78. The lowest BCUT2D eigenvalue weighted by Gasteiger charge is -2.25. The summed E-state index contributed by atoms with van der Waals surface area (Å²) in [6, 6.07) is 10.9. The average molecular weight is 442 g/mol. The molecule has 0 aliphatic heterocycles. The first-order chi connectivity index (χ1) is 15.3. The van der Waals surface area contributed by atoms with Gasteiger partial charge in [-0.3, -0.25) is 9.59 Å². The molecular formula is C24H27FN2O5. The Hall–Kier alpha value is -3.42. The van der Waals surface area contributed by atoms with Gasteiger partial charge in [-0.05, 0) is 49.1 Å². The predicted molar refractivity (Wildman–Crippen MR) is 117 cm³/mol. The normalized spacial score (nSPS) is 17.5. The number of carbonyl (C=O) groups is 3. The second kappa shape index (κ2) is 10.3. The Balaban J connectivity index is 1.66. The van der Waals surface area contributed by atoms with E-state index in [-0.39, 0.29) is 29.6 Å². The summed E-state index contributed by atoms with van der Waals surface area (Å²) in [5, 5.41) is 2.99. The summed E-state index contributed by atoms with van der Waals surface area (Å²) in [6.07, 6.45) is 1.94. The highest BCUT2D eigenvalue weighted by Gasteiger charge is 2.30. The standard InChI is InChI=1S/C24H27FN2O5/c1-4-22(28)26-17-9-10-18(13-17)27(2)23(29)16-7-5-15(6-8-16)20-12-11-19(14-21(20)25)32-24(30)31-3/h5-8,11-12,14,17-18H,4,9-10,13H2,1-3H3,(H,26,28)/t17-,18+/m0/s1. The molecule has 0 saturated heterocycles. The summed E-state index contributed by atoms with van der Waals surface area (Å²) < 4.78 is 23.7. The number of halogens is 1. The number of benzene rings is 2. The molecule has 0 radical (unpaired) electrons. The van der Waals surface area contributed by atoms with Crippen LogP contribution < -0.4 is 10.1 Å². The van der Waals surface area contributed by atoms with Gasteiger partial charge in [0.05, 0.1) is 7.11 Å². The molecule has 2 aromatic rings. The Morgan fingerprint density at radius 3 is 2.47 bits per heavy atom. The number of rotatable bonds is 6. The van der Waals surface area contributed by atoms with Crippen LogP contribution in [-0.2, 0) is 9.53 Å². The van der Waals surface area contributed by atoms with Gasteiger partial charge in [0.2, 0.25) is 5.91 Å². The Morgan fingerprint density at radius 2 is 1.84 bits per heavy atom. The molecule has 2 amide bonds. The van der Waals surface area contributed by atoms with Crippen molar-refractivity contribution < 1.29 is 28.2 Å². The fourth-order valence-corrected chi connectivity index (χ4v) is 3.86. The zero-order valence-corrected chi connectivity index (χ0v) is 18.4. The fraction of sp³-hybridized carbons (Fsp3) is 0.375. The zero-order chi connectivity index (χ0) is 23.3. The van der Waals surface area contributed by atoms with Crippen molar-refractivity contribution in [3.63, 3.8) is 0 Å². The second-order valence-electron chi connectivity index (χ2n) is 7.78. The minimum Gasteiger partial charge on any atom is -0.437 e. The van der Waals surface area contributed by atoms with E-state index in [1.807, 2.05) is 6.92 Å². The van der Waals surface area contributed by atoms with Gasteiger partial charge in [-0.25, -0.2) is 9.18 Å². The van der Waals surface area contributed by atoms with Gasteiger partial charge in [0.25, 0.3) is 5.91 Å². The van der Waals surface area contributed by atoms with Crippen molar-refractivity contribution >= 4 is 18.0 Å². The zero-order valence-electron chi connectivity index (χ0n) is 18.4.